The Kier molecular flexibility index (Phi) is 3.77. The number of halogens is 4. The van der Waals surface area contributed by atoms with Crippen molar-refractivity contribution in [2.45, 2.75) is 6.92 Å². The highest BCUT2D eigenvalue weighted by molar-refractivity contribution is 7.22. The molecule has 0 bridgehead atoms. The number of thiazole rings is 1. The normalized spacial score (nSPS) is 11.0. The summed E-state index contributed by atoms with van der Waals surface area (Å²) in [6.07, 6.45) is 0. The van der Waals surface area contributed by atoms with E-state index in [1.165, 1.54) is 0 Å². The van der Waals surface area contributed by atoms with Gasteiger partial charge in [-0.15, -0.1) is 0 Å². The summed E-state index contributed by atoms with van der Waals surface area (Å²) in [4.78, 5) is 16.1. The van der Waals surface area contributed by atoms with Crippen molar-refractivity contribution in [2.75, 3.05) is 5.32 Å². The third-order valence-corrected chi connectivity index (χ3v) is 4.12. The van der Waals surface area contributed by atoms with E-state index in [-0.39, 0.29) is 5.13 Å². The molecule has 0 spiro atoms. The first-order valence-corrected chi connectivity index (χ1v) is 7.20. The van der Waals surface area contributed by atoms with Crippen LogP contribution in [0.5, 0.6) is 0 Å². The van der Waals surface area contributed by atoms with Crippen LogP contribution < -0.4 is 5.32 Å². The van der Waals surface area contributed by atoms with Crippen LogP contribution in [0.4, 0.5) is 22.7 Å². The quantitative estimate of drug-likeness (QED) is 0.426. The van der Waals surface area contributed by atoms with Crippen LogP contribution >= 0.6 is 11.3 Å². The Morgan fingerprint density at radius 2 is 1.87 bits per heavy atom. The molecule has 8 heteroatoms. The van der Waals surface area contributed by atoms with Gasteiger partial charge in [-0.05, 0) is 24.6 Å². The number of para-hydroxylation sites is 1. The number of amides is 1. The van der Waals surface area contributed by atoms with Gasteiger partial charge in [0.05, 0.1) is 15.8 Å². The molecule has 2 aromatic carbocycles. The third kappa shape index (κ3) is 2.65. The van der Waals surface area contributed by atoms with E-state index in [1.54, 1.807) is 6.07 Å². The molecule has 0 saturated carbocycles. The van der Waals surface area contributed by atoms with Gasteiger partial charge < -0.3 is 0 Å². The van der Waals surface area contributed by atoms with Crippen molar-refractivity contribution in [3.05, 3.63) is 58.7 Å². The van der Waals surface area contributed by atoms with Crippen LogP contribution in [0.3, 0.4) is 0 Å². The number of fused-ring (bicyclic) bond motifs is 1. The number of hydrogen-bond acceptors (Lipinski definition) is 3. The summed E-state index contributed by atoms with van der Waals surface area (Å²) in [5.41, 5.74) is 0.603. The van der Waals surface area contributed by atoms with Crippen molar-refractivity contribution >= 4 is 32.6 Å². The lowest BCUT2D eigenvalue weighted by atomic mass is 10.1. The third-order valence-electron chi connectivity index (χ3n) is 3.19. The summed E-state index contributed by atoms with van der Waals surface area (Å²) in [6, 6.07) is 5.74. The highest BCUT2D eigenvalue weighted by Crippen LogP contribution is 2.28. The zero-order valence-electron chi connectivity index (χ0n) is 11.6. The summed E-state index contributed by atoms with van der Waals surface area (Å²) in [5.74, 6) is -8.50. The van der Waals surface area contributed by atoms with Crippen LogP contribution in [-0.2, 0) is 0 Å². The predicted octanol–water partition coefficient (Wildman–Crippen LogP) is 4.41. The maximum Gasteiger partial charge on any atom is 0.260 e. The summed E-state index contributed by atoms with van der Waals surface area (Å²) >= 11 is 1.12. The topological polar surface area (TPSA) is 42.0 Å². The van der Waals surface area contributed by atoms with Crippen molar-refractivity contribution < 1.29 is 22.4 Å². The van der Waals surface area contributed by atoms with Crippen molar-refractivity contribution in [2.24, 2.45) is 0 Å². The minimum Gasteiger partial charge on any atom is -0.298 e. The van der Waals surface area contributed by atoms with Crippen LogP contribution in [0.15, 0.2) is 24.3 Å². The maximum atomic E-state index is 13.6. The molecule has 118 valence electrons. The van der Waals surface area contributed by atoms with Crippen molar-refractivity contribution in [3.8, 4) is 0 Å². The Morgan fingerprint density at radius 3 is 2.57 bits per heavy atom. The number of aromatic nitrogens is 1. The zero-order chi connectivity index (χ0) is 16.7. The lowest BCUT2D eigenvalue weighted by Gasteiger charge is -2.05. The Morgan fingerprint density at radius 1 is 1.13 bits per heavy atom. The predicted molar refractivity (Wildman–Crippen MR) is 78.6 cm³/mol. The van der Waals surface area contributed by atoms with E-state index in [1.807, 2.05) is 19.1 Å². The van der Waals surface area contributed by atoms with E-state index in [2.05, 4.69) is 10.3 Å². The molecular formula is C15H8F4N2OS. The molecule has 0 radical (unpaired) electrons. The second-order valence-electron chi connectivity index (χ2n) is 4.74. The van der Waals surface area contributed by atoms with E-state index in [4.69, 9.17) is 0 Å². The standard InChI is InChI=1S/C15H8F4N2OS/c1-6-3-2-4-9-13(6)20-15(23-9)21-14(22)7-5-8(16)11(18)12(19)10(7)17/h2-5H,1H3,(H,20,21,22). The van der Waals surface area contributed by atoms with Gasteiger partial charge in [0.1, 0.15) is 0 Å². The minimum atomic E-state index is -2.03. The van der Waals surface area contributed by atoms with E-state index in [9.17, 15) is 22.4 Å². The SMILES string of the molecule is Cc1cccc2sc(NC(=O)c3cc(F)c(F)c(F)c3F)nc12. The molecule has 1 heterocycles. The Balaban J connectivity index is 1.96. The van der Waals surface area contributed by atoms with Crippen molar-refractivity contribution in [3.63, 3.8) is 0 Å². The van der Waals surface area contributed by atoms with Gasteiger partial charge in [-0.2, -0.15) is 0 Å². The number of anilines is 1. The van der Waals surface area contributed by atoms with Crippen molar-refractivity contribution in [1.29, 1.82) is 0 Å². The minimum absolute atomic E-state index is 0.142. The molecule has 1 N–H and O–H groups in total. The summed E-state index contributed by atoms with van der Waals surface area (Å²) < 4.78 is 53.7. The molecule has 1 aromatic heterocycles. The van der Waals surface area contributed by atoms with Gasteiger partial charge in [-0.25, -0.2) is 22.5 Å². The maximum absolute atomic E-state index is 13.6. The first-order valence-electron chi connectivity index (χ1n) is 6.39. The molecule has 23 heavy (non-hydrogen) atoms. The highest BCUT2D eigenvalue weighted by Gasteiger charge is 2.23. The zero-order valence-corrected chi connectivity index (χ0v) is 12.4. The lowest BCUT2D eigenvalue weighted by molar-refractivity contribution is 0.102. The van der Waals surface area contributed by atoms with Gasteiger partial charge >= 0.3 is 0 Å². The van der Waals surface area contributed by atoms with Crippen LogP contribution in [0.2, 0.25) is 0 Å². The number of aryl methyl sites for hydroxylation is 1. The lowest BCUT2D eigenvalue weighted by Crippen LogP contribution is -2.16. The largest absolute Gasteiger partial charge is 0.298 e. The molecule has 0 aliphatic carbocycles. The Bertz CT molecular complexity index is 939. The smallest absolute Gasteiger partial charge is 0.260 e. The number of carbonyl (C=O) groups is 1. The molecule has 3 aromatic rings. The van der Waals surface area contributed by atoms with Crippen LogP contribution in [-0.4, -0.2) is 10.9 Å². The molecule has 3 nitrogen and oxygen atoms in total. The molecule has 0 aliphatic heterocycles. The molecule has 0 atom stereocenters. The first kappa shape index (κ1) is 15.4. The summed E-state index contributed by atoms with van der Waals surface area (Å²) in [5, 5.41) is 2.40. The number of rotatable bonds is 2. The van der Waals surface area contributed by atoms with Crippen LogP contribution in [0, 0.1) is 30.2 Å². The van der Waals surface area contributed by atoms with Gasteiger partial charge in [0.15, 0.2) is 28.4 Å². The Hall–Kier alpha value is -2.48. The van der Waals surface area contributed by atoms with Crippen LogP contribution in [0.25, 0.3) is 10.2 Å². The number of benzene rings is 2. The number of hydrogen-bond donors (Lipinski definition) is 1. The Labute approximate surface area is 131 Å². The van der Waals surface area contributed by atoms with E-state index < -0.39 is 34.7 Å². The number of carbonyl (C=O) groups excluding carboxylic acids is 1. The molecule has 1 amide bonds. The highest BCUT2D eigenvalue weighted by atomic mass is 32.1. The molecule has 0 aliphatic rings. The fourth-order valence-corrected chi connectivity index (χ4v) is 2.98. The van der Waals surface area contributed by atoms with Gasteiger partial charge in [-0.3, -0.25) is 10.1 Å². The molecule has 0 saturated heterocycles. The fourth-order valence-electron chi connectivity index (χ4n) is 2.04. The van der Waals surface area contributed by atoms with Crippen LogP contribution in [0.1, 0.15) is 15.9 Å². The van der Waals surface area contributed by atoms with E-state index >= 15 is 0 Å². The van der Waals surface area contributed by atoms with Crippen molar-refractivity contribution in [1.82, 2.24) is 4.98 Å². The number of nitrogens with one attached hydrogen (secondary N) is 1. The van der Waals surface area contributed by atoms with E-state index in [0.717, 1.165) is 21.6 Å². The molecule has 0 unspecified atom stereocenters. The second kappa shape index (κ2) is 5.62. The number of nitrogens with zero attached hydrogens (tertiary/aromatic N) is 1. The monoisotopic (exact) mass is 340 g/mol. The van der Waals surface area contributed by atoms with Gasteiger partial charge in [0.2, 0.25) is 0 Å². The average Bonchev–Trinajstić information content (AvgIpc) is 2.92. The van der Waals surface area contributed by atoms with Gasteiger partial charge in [0.25, 0.3) is 5.91 Å². The summed E-state index contributed by atoms with van der Waals surface area (Å²) in [7, 11) is 0. The molecular weight excluding hydrogens is 332 g/mol. The van der Waals surface area contributed by atoms with E-state index in [0.29, 0.717) is 11.6 Å². The average molecular weight is 340 g/mol. The first-order chi connectivity index (χ1) is 10.9. The summed E-state index contributed by atoms with van der Waals surface area (Å²) in [6.45, 7) is 1.83. The fraction of sp³-hybridized carbons (Fsp3) is 0.0667. The molecule has 0 fully saturated rings. The second-order valence-corrected chi connectivity index (χ2v) is 5.77. The van der Waals surface area contributed by atoms with Gasteiger partial charge in [0, 0.05) is 0 Å². The molecule has 3 rings (SSSR count). The van der Waals surface area contributed by atoms with Gasteiger partial charge in [-0.1, -0.05) is 23.5 Å².